The summed E-state index contributed by atoms with van der Waals surface area (Å²) in [5.41, 5.74) is 5.70. The third kappa shape index (κ3) is 11.1. The molecule has 0 bridgehead atoms. The molecule has 0 aromatic rings. The first kappa shape index (κ1) is 36.4. The van der Waals surface area contributed by atoms with Crippen LogP contribution in [0.5, 0.6) is 0 Å². The lowest BCUT2D eigenvalue weighted by Gasteiger charge is -2.37. The van der Waals surface area contributed by atoms with Gasteiger partial charge >= 0.3 is 0 Å². The van der Waals surface area contributed by atoms with Crippen LogP contribution in [0.2, 0.25) is 0 Å². The van der Waals surface area contributed by atoms with Crippen LogP contribution in [0.4, 0.5) is 0 Å². The topological polar surface area (TPSA) is 162 Å². The van der Waals surface area contributed by atoms with E-state index in [0.717, 1.165) is 38.5 Å². The zero-order valence-corrected chi connectivity index (χ0v) is 27.3. The van der Waals surface area contributed by atoms with Gasteiger partial charge < -0.3 is 21.1 Å². The second-order valence-electron chi connectivity index (χ2n) is 12.7. The number of nitrogens with one attached hydrogen (secondary N) is 2. The van der Waals surface area contributed by atoms with Gasteiger partial charge in [-0.25, -0.2) is 13.4 Å². The Hall–Kier alpha value is -1.76. The maximum atomic E-state index is 13.8. The fourth-order valence-corrected chi connectivity index (χ4v) is 7.14. The molecule has 0 saturated heterocycles. The molecular weight excluding hydrogens is 558 g/mol. The molecule has 244 valence electrons. The van der Waals surface area contributed by atoms with Crippen molar-refractivity contribution in [3.05, 3.63) is 0 Å². The van der Waals surface area contributed by atoms with E-state index in [1.165, 1.54) is 11.4 Å². The fraction of sp³-hybridized carbons (Fsp3) is 0.900. The predicted octanol–water partition coefficient (Wildman–Crippen LogP) is 2.53. The van der Waals surface area contributed by atoms with Gasteiger partial charge in [-0.05, 0) is 58.3 Å². The summed E-state index contributed by atoms with van der Waals surface area (Å²) < 4.78 is 25.0. The second-order valence-corrected chi connectivity index (χ2v) is 14.9. The molecule has 5 atom stereocenters. The van der Waals surface area contributed by atoms with Crippen molar-refractivity contribution >= 4 is 27.7 Å². The molecule has 2 aliphatic carbocycles. The normalized spacial score (nSPS) is 23.5. The second kappa shape index (κ2) is 17.5. The van der Waals surface area contributed by atoms with Crippen LogP contribution < -0.4 is 15.9 Å². The Balaban J connectivity index is 2.23. The summed E-state index contributed by atoms with van der Waals surface area (Å²) in [6.45, 7) is 10.6. The number of hydrogen-bond acceptors (Lipinski definition) is 7. The SMILES string of the molecule is CCCN(CCC)C(=O)C1CC(C(N)=O)CC(C(=O)NC(CC2CCCCC2)C(O)CN(CC)NS(=O)(=O)C(C)C)C1. The van der Waals surface area contributed by atoms with Gasteiger partial charge in [-0.2, -0.15) is 0 Å². The lowest BCUT2D eigenvalue weighted by molar-refractivity contribution is -0.141. The Morgan fingerprint density at radius 1 is 0.929 bits per heavy atom. The van der Waals surface area contributed by atoms with Gasteiger partial charge in [-0.3, -0.25) is 14.4 Å². The van der Waals surface area contributed by atoms with Crippen molar-refractivity contribution in [1.29, 1.82) is 0 Å². The first-order valence-corrected chi connectivity index (χ1v) is 17.7. The molecule has 5 unspecified atom stereocenters. The Morgan fingerprint density at radius 2 is 1.50 bits per heavy atom. The maximum Gasteiger partial charge on any atom is 0.226 e. The third-order valence-electron chi connectivity index (χ3n) is 8.90. The number of aliphatic hydroxyl groups excluding tert-OH is 1. The number of nitrogens with zero attached hydrogens (tertiary/aromatic N) is 2. The summed E-state index contributed by atoms with van der Waals surface area (Å²) in [6, 6.07) is -0.599. The molecular formula is C30H57N5O6S. The maximum absolute atomic E-state index is 13.8. The minimum absolute atomic E-state index is 0.0127. The number of amides is 3. The zero-order chi connectivity index (χ0) is 31.4. The molecule has 12 heteroatoms. The van der Waals surface area contributed by atoms with Gasteiger partial charge in [0, 0.05) is 43.9 Å². The number of carbonyl (C=O) groups excluding carboxylic acids is 3. The van der Waals surface area contributed by atoms with Crippen molar-refractivity contribution in [3.8, 4) is 0 Å². The summed E-state index contributed by atoms with van der Waals surface area (Å²) in [5.74, 6) is -2.10. The number of sulfonamides is 1. The van der Waals surface area contributed by atoms with Gasteiger partial charge in [-0.1, -0.05) is 52.9 Å². The van der Waals surface area contributed by atoms with E-state index in [2.05, 4.69) is 10.1 Å². The molecule has 5 N–H and O–H groups in total. The molecule has 11 nitrogen and oxygen atoms in total. The van der Waals surface area contributed by atoms with E-state index in [0.29, 0.717) is 44.8 Å². The molecule has 0 aromatic heterocycles. The standard InChI is InChI=1S/C30H57N5O6S/c1-6-14-34(15-7-2)30(39)25-18-23(28(31)37)17-24(19-25)29(38)32-26(16-22-12-10-9-11-13-22)27(36)20-35(8-3)33-42(40,41)21(4)5/h21-27,33,36H,6-20H2,1-5H3,(H2,31,37)(H,32,38). The van der Waals surface area contributed by atoms with Crippen molar-refractivity contribution in [2.24, 2.45) is 29.4 Å². The van der Waals surface area contributed by atoms with Crippen molar-refractivity contribution in [2.45, 2.75) is 123 Å². The van der Waals surface area contributed by atoms with Crippen LogP contribution in [-0.2, 0) is 24.4 Å². The number of nitrogens with two attached hydrogens (primary N) is 1. The van der Waals surface area contributed by atoms with E-state index in [-0.39, 0.29) is 24.8 Å². The van der Waals surface area contributed by atoms with Gasteiger partial charge in [0.05, 0.1) is 17.4 Å². The van der Waals surface area contributed by atoms with Gasteiger partial charge in [0.25, 0.3) is 0 Å². The summed E-state index contributed by atoms with van der Waals surface area (Å²) >= 11 is 0. The summed E-state index contributed by atoms with van der Waals surface area (Å²) in [6.07, 6.45) is 7.58. The summed E-state index contributed by atoms with van der Waals surface area (Å²) in [5, 5.41) is 15.3. The van der Waals surface area contributed by atoms with Crippen LogP contribution >= 0.6 is 0 Å². The number of rotatable bonds is 17. The Kier molecular flexibility index (Phi) is 15.2. The predicted molar refractivity (Wildman–Crippen MR) is 164 cm³/mol. The van der Waals surface area contributed by atoms with E-state index >= 15 is 0 Å². The number of primary amides is 1. The molecule has 0 aliphatic heterocycles. The highest BCUT2D eigenvalue weighted by molar-refractivity contribution is 7.90. The summed E-state index contributed by atoms with van der Waals surface area (Å²) in [7, 11) is -3.59. The summed E-state index contributed by atoms with van der Waals surface area (Å²) in [4.78, 5) is 43.9. The van der Waals surface area contributed by atoms with Crippen molar-refractivity contribution < 1.29 is 27.9 Å². The van der Waals surface area contributed by atoms with Crippen LogP contribution in [0, 0.1) is 23.7 Å². The van der Waals surface area contributed by atoms with Crippen LogP contribution in [0.3, 0.4) is 0 Å². The largest absolute Gasteiger partial charge is 0.390 e. The zero-order valence-electron chi connectivity index (χ0n) is 26.5. The van der Waals surface area contributed by atoms with E-state index in [4.69, 9.17) is 5.73 Å². The molecule has 0 spiro atoms. The monoisotopic (exact) mass is 615 g/mol. The molecule has 2 fully saturated rings. The molecule has 0 aromatic carbocycles. The third-order valence-corrected chi connectivity index (χ3v) is 10.7. The van der Waals surface area contributed by atoms with Crippen LogP contribution in [-0.4, -0.2) is 84.7 Å². The van der Waals surface area contributed by atoms with Crippen LogP contribution in [0.15, 0.2) is 0 Å². The molecule has 2 rings (SSSR count). The lowest BCUT2D eigenvalue weighted by atomic mass is 9.73. The Bertz CT molecular complexity index is 965. The van der Waals surface area contributed by atoms with Gasteiger partial charge in [0.2, 0.25) is 27.7 Å². The van der Waals surface area contributed by atoms with Gasteiger partial charge in [0.1, 0.15) is 0 Å². The number of hydrazine groups is 1. The quantitative estimate of drug-likeness (QED) is 0.183. The van der Waals surface area contributed by atoms with Crippen molar-refractivity contribution in [1.82, 2.24) is 20.1 Å². The molecule has 42 heavy (non-hydrogen) atoms. The average Bonchev–Trinajstić information content (AvgIpc) is 2.95. The number of aliphatic hydroxyl groups is 1. The number of carbonyl (C=O) groups is 3. The average molecular weight is 616 g/mol. The van der Waals surface area contributed by atoms with Crippen LogP contribution in [0.25, 0.3) is 0 Å². The highest BCUT2D eigenvalue weighted by Crippen LogP contribution is 2.35. The number of hydrogen-bond donors (Lipinski definition) is 4. The minimum atomic E-state index is -3.59. The van der Waals surface area contributed by atoms with E-state index in [1.807, 2.05) is 18.7 Å². The van der Waals surface area contributed by atoms with E-state index in [1.54, 1.807) is 20.8 Å². The smallest absolute Gasteiger partial charge is 0.226 e. The molecule has 2 saturated carbocycles. The van der Waals surface area contributed by atoms with Gasteiger partial charge in [0.15, 0.2) is 0 Å². The Morgan fingerprint density at radius 3 is 2.02 bits per heavy atom. The molecule has 2 aliphatic rings. The minimum Gasteiger partial charge on any atom is -0.390 e. The van der Waals surface area contributed by atoms with Crippen molar-refractivity contribution in [2.75, 3.05) is 26.2 Å². The fourth-order valence-electron chi connectivity index (χ4n) is 6.36. The number of likely N-dealkylation sites (N-methyl/N-ethyl adjacent to an activating group) is 1. The highest BCUT2D eigenvalue weighted by atomic mass is 32.2. The van der Waals surface area contributed by atoms with E-state index < -0.39 is 51.1 Å². The Labute approximate surface area is 253 Å². The molecule has 3 amide bonds. The van der Waals surface area contributed by atoms with Crippen molar-refractivity contribution in [3.63, 3.8) is 0 Å². The van der Waals surface area contributed by atoms with E-state index in [9.17, 15) is 27.9 Å². The first-order valence-electron chi connectivity index (χ1n) is 16.1. The molecule has 0 radical (unpaired) electrons. The highest BCUT2D eigenvalue weighted by Gasteiger charge is 2.40. The first-order chi connectivity index (χ1) is 19.8. The lowest BCUT2D eigenvalue weighted by Crippen LogP contribution is -2.55. The van der Waals surface area contributed by atoms with Crippen LogP contribution in [0.1, 0.15) is 105 Å². The van der Waals surface area contributed by atoms with Gasteiger partial charge in [-0.15, -0.1) is 4.83 Å². The molecule has 0 heterocycles.